The molecule has 1 saturated heterocycles. The third-order valence-corrected chi connectivity index (χ3v) is 8.42. The number of benzene rings is 2. The van der Waals surface area contributed by atoms with E-state index >= 15 is 0 Å². The minimum Gasteiger partial charge on any atom is -0.321 e. The van der Waals surface area contributed by atoms with Crippen LogP contribution in [0, 0.1) is 17.4 Å². The van der Waals surface area contributed by atoms with Gasteiger partial charge in [0.15, 0.2) is 0 Å². The van der Waals surface area contributed by atoms with Crippen LogP contribution in [-0.2, 0) is 19.3 Å². The van der Waals surface area contributed by atoms with E-state index in [4.69, 9.17) is 11.6 Å². The largest absolute Gasteiger partial charge is 0.321 e. The molecule has 33 heavy (non-hydrogen) atoms. The molecule has 0 saturated carbocycles. The molecule has 1 atom stereocenters. The number of aryl methyl sites for hydroxylation is 1. The average molecular weight is 457 g/mol. The lowest BCUT2D eigenvalue weighted by Gasteiger charge is -2.25. The molecular weight excluding hydrogens is 424 g/mol. The predicted molar refractivity (Wildman–Crippen MR) is 138 cm³/mol. The van der Waals surface area contributed by atoms with Gasteiger partial charge < -0.3 is 9.47 Å². The highest BCUT2D eigenvalue weighted by Crippen LogP contribution is 2.26. The molecular formula is C30H33ClN2. The van der Waals surface area contributed by atoms with Crippen LogP contribution in [0.2, 0.25) is 5.02 Å². The monoisotopic (exact) mass is 456 g/mol. The van der Waals surface area contributed by atoms with Crippen molar-refractivity contribution in [1.82, 2.24) is 9.47 Å². The highest BCUT2D eigenvalue weighted by Gasteiger charge is 2.22. The van der Waals surface area contributed by atoms with Crippen molar-refractivity contribution in [2.45, 2.75) is 64.8 Å². The number of hydrogen-bond donors (Lipinski definition) is 0. The highest BCUT2D eigenvalue weighted by molar-refractivity contribution is 6.30. The Kier molecular flexibility index (Phi) is 5.47. The summed E-state index contributed by atoms with van der Waals surface area (Å²) in [6.07, 6.45) is 10.8. The van der Waals surface area contributed by atoms with Crippen molar-refractivity contribution in [3.8, 4) is 0 Å². The lowest BCUT2D eigenvalue weighted by atomic mass is 9.87. The summed E-state index contributed by atoms with van der Waals surface area (Å²) >= 11 is 6.27. The average Bonchev–Trinajstić information content (AvgIpc) is 3.41. The molecule has 1 aromatic heterocycles. The summed E-state index contributed by atoms with van der Waals surface area (Å²) in [6.45, 7) is 7.09. The number of rotatable bonds is 4. The summed E-state index contributed by atoms with van der Waals surface area (Å²) in [6, 6.07) is 16.5. The summed E-state index contributed by atoms with van der Waals surface area (Å²) in [4.78, 5) is 2.67. The zero-order valence-corrected chi connectivity index (χ0v) is 20.6. The zero-order chi connectivity index (χ0) is 22.5. The maximum atomic E-state index is 6.27. The summed E-state index contributed by atoms with van der Waals surface area (Å²) in [5, 5.41) is 6.29. The van der Waals surface area contributed by atoms with Gasteiger partial charge in [0.05, 0.1) is 0 Å². The minimum atomic E-state index is 0.734. The molecule has 1 unspecified atom stereocenters. The molecule has 2 heterocycles. The van der Waals surface area contributed by atoms with Crippen molar-refractivity contribution < 1.29 is 0 Å². The van der Waals surface area contributed by atoms with E-state index in [1.165, 1.54) is 82.3 Å². The molecule has 6 rings (SSSR count). The van der Waals surface area contributed by atoms with Crippen molar-refractivity contribution >= 4 is 23.4 Å². The number of likely N-dealkylation sites (tertiary alicyclic amines) is 1. The van der Waals surface area contributed by atoms with Gasteiger partial charge in [-0.1, -0.05) is 35.9 Å². The molecule has 0 amide bonds. The van der Waals surface area contributed by atoms with E-state index < -0.39 is 0 Å². The van der Waals surface area contributed by atoms with Gasteiger partial charge in [-0.2, -0.15) is 0 Å². The van der Waals surface area contributed by atoms with Crippen molar-refractivity contribution in [2.24, 2.45) is 0 Å². The first-order chi connectivity index (χ1) is 16.1. The molecule has 3 aromatic rings. The van der Waals surface area contributed by atoms with Crippen LogP contribution in [0.1, 0.15) is 55.1 Å². The molecule has 170 valence electrons. The Balaban J connectivity index is 1.48. The normalized spacial score (nSPS) is 19.7. The standard InChI is InChI=1S/C30H33ClN2/c1-20-5-4-17-32(20)18-16-24-11-8-21(2)33(24)30-7-3-6-26-28-12-9-22-19-23(31)10-13-25(22)27(28)14-15-29(26)30/h8-11,13-15,19-20H,3-7,12,16-18H2,1-2H3. The van der Waals surface area contributed by atoms with Crippen molar-refractivity contribution in [3.05, 3.63) is 90.9 Å². The summed E-state index contributed by atoms with van der Waals surface area (Å²) in [7, 11) is 0. The maximum Gasteiger partial charge on any atom is 0.0412 e. The Morgan fingerprint density at radius 2 is 1.79 bits per heavy atom. The summed E-state index contributed by atoms with van der Waals surface area (Å²) < 4.78 is 2.59. The number of hydrogen-bond acceptors (Lipinski definition) is 1. The Labute approximate surface area is 201 Å². The Bertz CT molecular complexity index is 1450. The molecule has 0 N–H and O–H groups in total. The van der Waals surface area contributed by atoms with Crippen LogP contribution < -0.4 is 10.4 Å². The molecule has 0 spiro atoms. The second-order valence-electron chi connectivity index (χ2n) is 10.1. The van der Waals surface area contributed by atoms with Crippen molar-refractivity contribution in [2.75, 3.05) is 13.1 Å². The first-order valence-electron chi connectivity index (χ1n) is 12.7. The molecule has 3 heteroatoms. The molecule has 2 nitrogen and oxygen atoms in total. The fourth-order valence-electron chi connectivity index (χ4n) is 6.45. The SMILES string of the molecule is Cc1ccc(CCN2CCCC2C)n1C1=c2ccc3c(c2CCC1)CC=c1cc(Cl)ccc1=3. The smallest absolute Gasteiger partial charge is 0.0412 e. The highest BCUT2D eigenvalue weighted by atomic mass is 35.5. The first-order valence-corrected chi connectivity index (χ1v) is 13.0. The fourth-order valence-corrected chi connectivity index (χ4v) is 6.63. The first kappa shape index (κ1) is 21.3. The van der Waals surface area contributed by atoms with Crippen molar-refractivity contribution in [1.29, 1.82) is 0 Å². The molecule has 2 aliphatic carbocycles. The van der Waals surface area contributed by atoms with Gasteiger partial charge in [-0.3, -0.25) is 0 Å². The molecule has 1 aliphatic heterocycles. The van der Waals surface area contributed by atoms with E-state index in [0.717, 1.165) is 30.3 Å². The van der Waals surface area contributed by atoms with Crippen LogP contribution in [0.25, 0.3) is 11.8 Å². The minimum absolute atomic E-state index is 0.734. The van der Waals surface area contributed by atoms with Gasteiger partial charge in [0.25, 0.3) is 0 Å². The third kappa shape index (κ3) is 3.68. The van der Waals surface area contributed by atoms with Gasteiger partial charge in [-0.05, 0) is 115 Å². The lowest BCUT2D eigenvalue weighted by Crippen LogP contribution is -2.30. The molecule has 0 bridgehead atoms. The van der Waals surface area contributed by atoms with E-state index in [1.807, 2.05) is 6.07 Å². The summed E-state index contributed by atoms with van der Waals surface area (Å²) in [5.74, 6) is 0. The second-order valence-corrected chi connectivity index (χ2v) is 10.6. The Morgan fingerprint density at radius 1 is 0.939 bits per heavy atom. The van der Waals surface area contributed by atoms with Crippen LogP contribution in [0.5, 0.6) is 0 Å². The zero-order valence-electron chi connectivity index (χ0n) is 19.8. The Morgan fingerprint density at radius 3 is 2.64 bits per heavy atom. The molecule has 0 radical (unpaired) electrons. The Hall–Kier alpha value is -2.29. The fraction of sp³-hybridized carbons (Fsp3) is 0.400. The topological polar surface area (TPSA) is 8.17 Å². The predicted octanol–water partition coefficient (Wildman–Crippen LogP) is 5.09. The van der Waals surface area contributed by atoms with Crippen LogP contribution >= 0.6 is 11.6 Å². The van der Waals surface area contributed by atoms with E-state index in [1.54, 1.807) is 5.56 Å². The maximum absolute atomic E-state index is 6.27. The molecule has 2 aromatic carbocycles. The van der Waals surface area contributed by atoms with Gasteiger partial charge >= 0.3 is 0 Å². The lowest BCUT2D eigenvalue weighted by molar-refractivity contribution is 0.271. The number of aromatic nitrogens is 1. The van der Waals surface area contributed by atoms with E-state index in [-0.39, 0.29) is 0 Å². The molecule has 1 fully saturated rings. The van der Waals surface area contributed by atoms with Crippen molar-refractivity contribution in [3.63, 3.8) is 0 Å². The third-order valence-electron chi connectivity index (χ3n) is 8.18. The number of fused-ring (bicyclic) bond motifs is 4. The number of nitrogens with zero attached hydrogens (tertiary/aromatic N) is 2. The van der Waals surface area contributed by atoms with Gasteiger partial charge in [0.1, 0.15) is 0 Å². The van der Waals surface area contributed by atoms with Gasteiger partial charge in [-0.25, -0.2) is 0 Å². The number of halogens is 1. The van der Waals surface area contributed by atoms with E-state index in [9.17, 15) is 0 Å². The van der Waals surface area contributed by atoms with Gasteiger partial charge in [0.2, 0.25) is 0 Å². The summed E-state index contributed by atoms with van der Waals surface area (Å²) in [5.41, 5.74) is 7.44. The molecule has 3 aliphatic rings. The van der Waals surface area contributed by atoms with E-state index in [2.05, 4.69) is 65.8 Å². The van der Waals surface area contributed by atoms with Gasteiger partial charge in [-0.15, -0.1) is 0 Å². The van der Waals surface area contributed by atoms with Gasteiger partial charge in [0, 0.05) is 41.1 Å². The second kappa shape index (κ2) is 8.49. The van der Waals surface area contributed by atoms with E-state index in [0.29, 0.717) is 0 Å². The quantitative estimate of drug-likeness (QED) is 0.530. The van der Waals surface area contributed by atoms with Crippen LogP contribution in [-0.4, -0.2) is 28.6 Å². The van der Waals surface area contributed by atoms with Crippen LogP contribution in [0.15, 0.2) is 42.5 Å². The van der Waals surface area contributed by atoms with Crippen LogP contribution in [0.4, 0.5) is 0 Å². The van der Waals surface area contributed by atoms with Crippen LogP contribution in [0.3, 0.4) is 0 Å².